The van der Waals surface area contributed by atoms with Gasteiger partial charge in [-0.25, -0.2) is 4.79 Å². The maximum atomic E-state index is 13.1. The fourth-order valence-electron chi connectivity index (χ4n) is 6.00. The van der Waals surface area contributed by atoms with Gasteiger partial charge in [-0.1, -0.05) is 55.5 Å². The highest BCUT2D eigenvalue weighted by Crippen LogP contribution is 2.44. The summed E-state index contributed by atoms with van der Waals surface area (Å²) in [6.45, 7) is 4.56. The number of carbonyl (C=O) groups excluding carboxylic acids is 2. The van der Waals surface area contributed by atoms with E-state index < -0.39 is 17.5 Å². The lowest BCUT2D eigenvalue weighted by Crippen LogP contribution is -2.39. The van der Waals surface area contributed by atoms with E-state index in [1.54, 1.807) is 11.8 Å². The van der Waals surface area contributed by atoms with Crippen molar-refractivity contribution < 1.29 is 24.2 Å². The summed E-state index contributed by atoms with van der Waals surface area (Å²) in [5.41, 5.74) is 3.80. The van der Waals surface area contributed by atoms with Crippen molar-refractivity contribution in [2.75, 3.05) is 19.7 Å². The molecule has 2 aromatic carbocycles. The number of hydrogen-bond donors (Lipinski definition) is 2. The molecule has 184 valence electrons. The molecule has 2 unspecified atom stereocenters. The minimum Gasteiger partial charge on any atom is -0.481 e. The molecule has 3 aliphatic rings. The van der Waals surface area contributed by atoms with E-state index in [1.165, 1.54) is 22.3 Å². The van der Waals surface area contributed by atoms with Gasteiger partial charge in [0.25, 0.3) is 0 Å². The van der Waals surface area contributed by atoms with Gasteiger partial charge in [-0.3, -0.25) is 9.59 Å². The number of amides is 2. The number of nitrogens with one attached hydrogen (secondary N) is 1. The van der Waals surface area contributed by atoms with Gasteiger partial charge in [0.2, 0.25) is 5.91 Å². The fourth-order valence-corrected chi connectivity index (χ4v) is 6.00. The number of ether oxygens (including phenoxy) is 1. The molecule has 2 aliphatic carbocycles. The number of nitrogens with zero attached hydrogens (tertiary/aromatic N) is 1. The first-order valence-electron chi connectivity index (χ1n) is 12.4. The Bertz CT molecular complexity index is 1120. The molecule has 2 fully saturated rings. The first-order chi connectivity index (χ1) is 16.8. The Labute approximate surface area is 205 Å². The van der Waals surface area contributed by atoms with E-state index in [0.717, 1.165) is 0 Å². The zero-order valence-corrected chi connectivity index (χ0v) is 20.2. The van der Waals surface area contributed by atoms with E-state index in [0.29, 0.717) is 25.8 Å². The van der Waals surface area contributed by atoms with E-state index in [-0.39, 0.29) is 42.9 Å². The second-order valence-corrected chi connectivity index (χ2v) is 10.5. The zero-order chi connectivity index (χ0) is 24.7. The number of carboxylic acids is 1. The van der Waals surface area contributed by atoms with Crippen LogP contribution >= 0.6 is 0 Å². The van der Waals surface area contributed by atoms with Gasteiger partial charge >= 0.3 is 12.1 Å². The average Bonchev–Trinajstić information content (AvgIpc) is 3.52. The van der Waals surface area contributed by atoms with Crippen molar-refractivity contribution in [3.05, 3.63) is 59.7 Å². The molecular weight excluding hydrogens is 444 g/mol. The van der Waals surface area contributed by atoms with Gasteiger partial charge in [-0.2, -0.15) is 0 Å². The third-order valence-electron chi connectivity index (χ3n) is 8.35. The lowest BCUT2D eigenvalue weighted by atomic mass is 9.81. The number of likely N-dealkylation sites (tertiary alicyclic amines) is 1. The van der Waals surface area contributed by atoms with Gasteiger partial charge in [0, 0.05) is 31.0 Å². The number of aliphatic carboxylic acids is 1. The SMILES string of the molecule is CC1CN(C(=O)[C@H]2CC[C@@H](NC(=O)OCC3c4ccccc4-c4ccccc43)C2)CC1(C)C(=O)O. The minimum absolute atomic E-state index is 0.00124. The molecule has 7 heteroatoms. The third-order valence-corrected chi connectivity index (χ3v) is 8.35. The smallest absolute Gasteiger partial charge is 0.407 e. The predicted octanol–water partition coefficient (Wildman–Crippen LogP) is 4.26. The van der Waals surface area contributed by atoms with E-state index in [9.17, 15) is 19.5 Å². The molecule has 0 spiro atoms. The molecule has 4 atom stereocenters. The van der Waals surface area contributed by atoms with Crippen LogP contribution in [0, 0.1) is 17.3 Å². The van der Waals surface area contributed by atoms with Crippen LogP contribution in [0.1, 0.15) is 50.2 Å². The van der Waals surface area contributed by atoms with Gasteiger partial charge in [-0.15, -0.1) is 0 Å². The minimum atomic E-state index is -0.910. The summed E-state index contributed by atoms with van der Waals surface area (Å²) in [6, 6.07) is 16.3. The van der Waals surface area contributed by atoms with Gasteiger partial charge < -0.3 is 20.1 Å². The van der Waals surface area contributed by atoms with Crippen molar-refractivity contribution in [2.45, 2.75) is 45.1 Å². The maximum absolute atomic E-state index is 13.1. The molecule has 1 saturated heterocycles. The van der Waals surface area contributed by atoms with Crippen molar-refractivity contribution in [1.82, 2.24) is 10.2 Å². The predicted molar refractivity (Wildman–Crippen MR) is 131 cm³/mol. The highest BCUT2D eigenvalue weighted by atomic mass is 16.5. The molecular formula is C28H32N2O5. The van der Waals surface area contributed by atoms with Gasteiger partial charge in [0.1, 0.15) is 6.61 Å². The topological polar surface area (TPSA) is 95.9 Å². The summed E-state index contributed by atoms with van der Waals surface area (Å²) < 4.78 is 5.65. The van der Waals surface area contributed by atoms with Crippen LogP contribution in [-0.2, 0) is 14.3 Å². The lowest BCUT2D eigenvalue weighted by Gasteiger charge is -2.23. The molecule has 0 bridgehead atoms. The average molecular weight is 477 g/mol. The number of carboxylic acid groups (broad SMARTS) is 1. The van der Waals surface area contributed by atoms with Gasteiger partial charge in [-0.05, 0) is 54.4 Å². The van der Waals surface area contributed by atoms with Crippen molar-refractivity contribution >= 4 is 18.0 Å². The molecule has 0 radical (unpaired) electrons. The van der Waals surface area contributed by atoms with Crippen LogP contribution in [0.25, 0.3) is 11.1 Å². The van der Waals surface area contributed by atoms with Crippen LogP contribution in [-0.4, -0.2) is 53.7 Å². The molecule has 0 aromatic heterocycles. The highest BCUT2D eigenvalue weighted by Gasteiger charge is 2.49. The van der Waals surface area contributed by atoms with Crippen LogP contribution in [0.5, 0.6) is 0 Å². The van der Waals surface area contributed by atoms with Crippen LogP contribution < -0.4 is 5.32 Å². The van der Waals surface area contributed by atoms with E-state index in [4.69, 9.17) is 4.74 Å². The third kappa shape index (κ3) is 4.17. The Kier molecular flexibility index (Phi) is 6.03. The van der Waals surface area contributed by atoms with Crippen LogP contribution in [0.3, 0.4) is 0 Å². The Hall–Kier alpha value is -3.35. The Morgan fingerprint density at radius 2 is 1.69 bits per heavy atom. The Balaban J connectivity index is 1.15. The highest BCUT2D eigenvalue weighted by molar-refractivity contribution is 5.83. The molecule has 7 nitrogen and oxygen atoms in total. The molecule has 35 heavy (non-hydrogen) atoms. The maximum Gasteiger partial charge on any atom is 0.407 e. The van der Waals surface area contributed by atoms with Crippen molar-refractivity contribution in [3.8, 4) is 11.1 Å². The van der Waals surface area contributed by atoms with Gasteiger partial charge in [0.15, 0.2) is 0 Å². The standard InChI is InChI=1S/C28H32N2O5/c1-17-14-30(16-28(17,2)26(32)33)25(31)18-11-12-19(13-18)29-27(34)35-15-24-22-9-5-3-7-20(22)21-8-4-6-10-23(21)24/h3-10,17-19,24H,11-16H2,1-2H3,(H,29,34)(H,32,33)/t17?,18-,19+,28?/m0/s1. The number of alkyl carbamates (subject to hydrolysis) is 1. The van der Waals surface area contributed by atoms with Crippen molar-refractivity contribution in [1.29, 1.82) is 0 Å². The van der Waals surface area contributed by atoms with Crippen LogP contribution in [0.15, 0.2) is 48.5 Å². The lowest BCUT2D eigenvalue weighted by molar-refractivity contribution is -0.149. The molecule has 1 aliphatic heterocycles. The molecule has 1 heterocycles. The Morgan fingerprint density at radius 1 is 1.06 bits per heavy atom. The van der Waals surface area contributed by atoms with E-state index in [2.05, 4.69) is 29.6 Å². The second-order valence-electron chi connectivity index (χ2n) is 10.5. The summed E-state index contributed by atoms with van der Waals surface area (Å²) in [7, 11) is 0. The van der Waals surface area contributed by atoms with Crippen LogP contribution in [0.4, 0.5) is 4.79 Å². The molecule has 2 aromatic rings. The monoisotopic (exact) mass is 476 g/mol. The van der Waals surface area contributed by atoms with Crippen molar-refractivity contribution in [3.63, 3.8) is 0 Å². The van der Waals surface area contributed by atoms with E-state index in [1.807, 2.05) is 31.2 Å². The summed E-state index contributed by atoms with van der Waals surface area (Å²) >= 11 is 0. The fraction of sp³-hybridized carbons (Fsp3) is 0.464. The largest absolute Gasteiger partial charge is 0.481 e. The number of hydrogen-bond acceptors (Lipinski definition) is 4. The number of carbonyl (C=O) groups is 3. The summed E-state index contributed by atoms with van der Waals surface area (Å²) in [5, 5.41) is 12.5. The first kappa shape index (κ1) is 23.4. The molecule has 2 amide bonds. The molecule has 2 N–H and O–H groups in total. The number of benzene rings is 2. The van der Waals surface area contributed by atoms with Crippen molar-refractivity contribution in [2.24, 2.45) is 17.3 Å². The Morgan fingerprint density at radius 3 is 2.29 bits per heavy atom. The number of rotatable bonds is 5. The summed E-state index contributed by atoms with van der Waals surface area (Å²) in [4.78, 5) is 39.1. The molecule has 5 rings (SSSR count). The first-order valence-corrected chi connectivity index (χ1v) is 12.4. The normalized spacial score (nSPS) is 27.4. The summed E-state index contributed by atoms with van der Waals surface area (Å²) in [6.07, 6.45) is 1.48. The van der Waals surface area contributed by atoms with E-state index >= 15 is 0 Å². The molecule has 1 saturated carbocycles. The second kappa shape index (κ2) is 9.02. The van der Waals surface area contributed by atoms with Crippen LogP contribution in [0.2, 0.25) is 0 Å². The van der Waals surface area contributed by atoms with Gasteiger partial charge in [0.05, 0.1) is 5.41 Å². The zero-order valence-electron chi connectivity index (χ0n) is 20.2. The summed E-state index contributed by atoms with van der Waals surface area (Å²) in [5.74, 6) is -1.15. The number of fused-ring (bicyclic) bond motifs is 3. The quantitative estimate of drug-likeness (QED) is 0.672.